The van der Waals surface area contributed by atoms with Gasteiger partial charge in [-0.2, -0.15) is 0 Å². The smallest absolute Gasteiger partial charge is 0.226 e. The van der Waals surface area contributed by atoms with Crippen LogP contribution in [0.5, 0.6) is 0 Å². The van der Waals surface area contributed by atoms with Crippen LogP contribution < -0.4 is 10.6 Å². The van der Waals surface area contributed by atoms with Gasteiger partial charge in [-0.3, -0.25) is 4.79 Å². The molecule has 1 unspecified atom stereocenters. The first-order valence-electron chi connectivity index (χ1n) is 6.34. The fourth-order valence-corrected chi connectivity index (χ4v) is 1.87. The lowest BCUT2D eigenvalue weighted by Crippen LogP contribution is -2.43. The van der Waals surface area contributed by atoms with Crippen molar-refractivity contribution < 1.29 is 18.7 Å². The highest BCUT2D eigenvalue weighted by Gasteiger charge is 2.26. The number of carbonyl (C=O) groups is 1. The maximum atomic E-state index is 13.5. The summed E-state index contributed by atoms with van der Waals surface area (Å²) in [6.45, 7) is 3.70. The van der Waals surface area contributed by atoms with E-state index in [2.05, 4.69) is 10.6 Å². The van der Waals surface area contributed by atoms with Crippen molar-refractivity contribution in [1.82, 2.24) is 10.6 Å². The van der Waals surface area contributed by atoms with Gasteiger partial charge in [-0.25, -0.2) is 8.78 Å². The Kier molecular flexibility index (Phi) is 5.59. The zero-order valence-electron chi connectivity index (χ0n) is 11.8. The minimum absolute atomic E-state index is 0.0434. The summed E-state index contributed by atoms with van der Waals surface area (Å²) in [5.41, 5.74) is -1.04. The van der Waals surface area contributed by atoms with Gasteiger partial charge < -0.3 is 15.7 Å². The van der Waals surface area contributed by atoms with Gasteiger partial charge in [0.1, 0.15) is 11.6 Å². The molecule has 0 radical (unpaired) electrons. The summed E-state index contributed by atoms with van der Waals surface area (Å²) in [4.78, 5) is 11.6. The molecule has 0 fully saturated rings. The Balaban J connectivity index is 2.60. The molecule has 0 aromatic heterocycles. The summed E-state index contributed by atoms with van der Waals surface area (Å²) < 4.78 is 26.9. The topological polar surface area (TPSA) is 61.4 Å². The summed E-state index contributed by atoms with van der Waals surface area (Å²) in [6.07, 6.45) is -1.31. The molecule has 4 nitrogen and oxygen atoms in total. The number of halogens is 2. The highest BCUT2D eigenvalue weighted by Crippen LogP contribution is 2.20. The SMILES string of the molecule is CNC(=O)C(C)(C)CNCC(O)c1c(F)cccc1F. The number of benzene rings is 1. The summed E-state index contributed by atoms with van der Waals surface area (Å²) >= 11 is 0. The molecule has 0 heterocycles. The zero-order valence-corrected chi connectivity index (χ0v) is 11.8. The van der Waals surface area contributed by atoms with Gasteiger partial charge in [0.25, 0.3) is 0 Å². The van der Waals surface area contributed by atoms with Crippen LogP contribution in [-0.2, 0) is 4.79 Å². The minimum atomic E-state index is -1.31. The van der Waals surface area contributed by atoms with E-state index in [9.17, 15) is 18.7 Å². The molecule has 0 aliphatic heterocycles. The van der Waals surface area contributed by atoms with Crippen LogP contribution in [0.1, 0.15) is 25.5 Å². The first-order chi connectivity index (χ1) is 9.29. The van der Waals surface area contributed by atoms with Gasteiger partial charge in [0.15, 0.2) is 0 Å². The number of rotatable bonds is 6. The third kappa shape index (κ3) is 3.98. The van der Waals surface area contributed by atoms with Gasteiger partial charge in [-0.15, -0.1) is 0 Å². The van der Waals surface area contributed by atoms with Crippen LogP contribution in [0.3, 0.4) is 0 Å². The number of nitrogens with one attached hydrogen (secondary N) is 2. The first-order valence-corrected chi connectivity index (χ1v) is 6.34. The van der Waals surface area contributed by atoms with E-state index in [0.29, 0.717) is 0 Å². The molecular weight excluding hydrogens is 266 g/mol. The molecule has 1 rings (SSSR count). The number of aliphatic hydroxyl groups excluding tert-OH is 1. The highest BCUT2D eigenvalue weighted by molar-refractivity contribution is 5.81. The number of hydrogen-bond donors (Lipinski definition) is 3. The van der Waals surface area contributed by atoms with Crippen LogP contribution in [0.25, 0.3) is 0 Å². The Morgan fingerprint density at radius 2 is 1.90 bits per heavy atom. The van der Waals surface area contributed by atoms with Crippen molar-refractivity contribution in [2.24, 2.45) is 5.41 Å². The molecular formula is C14H20F2N2O2. The van der Waals surface area contributed by atoms with E-state index >= 15 is 0 Å². The van der Waals surface area contributed by atoms with Crippen molar-refractivity contribution in [3.8, 4) is 0 Å². The van der Waals surface area contributed by atoms with E-state index < -0.39 is 23.2 Å². The van der Waals surface area contributed by atoms with Gasteiger partial charge in [-0.05, 0) is 26.0 Å². The molecule has 0 aliphatic carbocycles. The molecule has 0 bridgehead atoms. The number of amides is 1. The maximum Gasteiger partial charge on any atom is 0.226 e. The number of hydrogen-bond acceptors (Lipinski definition) is 3. The summed E-state index contributed by atoms with van der Waals surface area (Å²) in [5.74, 6) is -1.73. The quantitative estimate of drug-likeness (QED) is 0.740. The number of aliphatic hydroxyl groups is 1. The molecule has 1 aromatic carbocycles. The lowest BCUT2D eigenvalue weighted by atomic mass is 9.92. The lowest BCUT2D eigenvalue weighted by Gasteiger charge is -2.24. The molecule has 0 saturated carbocycles. The van der Waals surface area contributed by atoms with Crippen molar-refractivity contribution in [1.29, 1.82) is 0 Å². The third-order valence-electron chi connectivity index (χ3n) is 3.08. The summed E-state index contributed by atoms with van der Waals surface area (Å²) in [5, 5.41) is 15.2. The van der Waals surface area contributed by atoms with Gasteiger partial charge in [0.05, 0.1) is 17.1 Å². The number of carbonyl (C=O) groups excluding carboxylic acids is 1. The predicted octanol–water partition coefficient (Wildman–Crippen LogP) is 1.36. The van der Waals surface area contributed by atoms with E-state index in [1.807, 2.05) is 0 Å². The van der Waals surface area contributed by atoms with Crippen LogP contribution in [0.4, 0.5) is 8.78 Å². The standard InChI is InChI=1S/C14H20F2N2O2/c1-14(2,13(20)17-3)8-18-7-11(19)12-9(15)5-4-6-10(12)16/h4-6,11,18-19H,7-8H2,1-3H3,(H,17,20). The molecule has 1 atom stereocenters. The third-order valence-corrected chi connectivity index (χ3v) is 3.08. The lowest BCUT2D eigenvalue weighted by molar-refractivity contribution is -0.128. The molecule has 112 valence electrons. The van der Waals surface area contributed by atoms with E-state index in [1.165, 1.54) is 13.1 Å². The van der Waals surface area contributed by atoms with Crippen LogP contribution in [-0.4, -0.2) is 31.2 Å². The van der Waals surface area contributed by atoms with Gasteiger partial charge >= 0.3 is 0 Å². The molecule has 1 amide bonds. The summed E-state index contributed by atoms with van der Waals surface area (Å²) in [7, 11) is 1.54. The summed E-state index contributed by atoms with van der Waals surface area (Å²) in [6, 6.07) is 3.43. The Hall–Kier alpha value is -1.53. The van der Waals surface area contributed by atoms with Crippen molar-refractivity contribution in [3.63, 3.8) is 0 Å². The average molecular weight is 286 g/mol. The molecule has 20 heavy (non-hydrogen) atoms. The van der Waals surface area contributed by atoms with Crippen molar-refractivity contribution in [3.05, 3.63) is 35.4 Å². The van der Waals surface area contributed by atoms with Crippen molar-refractivity contribution >= 4 is 5.91 Å². The molecule has 1 aromatic rings. The molecule has 0 spiro atoms. The van der Waals surface area contributed by atoms with Gasteiger partial charge in [0.2, 0.25) is 5.91 Å². The van der Waals surface area contributed by atoms with Crippen LogP contribution in [0, 0.1) is 17.0 Å². The Morgan fingerprint density at radius 3 is 2.40 bits per heavy atom. The maximum absolute atomic E-state index is 13.5. The van der Waals surface area contributed by atoms with Crippen LogP contribution in [0.2, 0.25) is 0 Å². The second-order valence-corrected chi connectivity index (χ2v) is 5.25. The minimum Gasteiger partial charge on any atom is -0.387 e. The van der Waals surface area contributed by atoms with E-state index in [4.69, 9.17) is 0 Å². The Bertz CT molecular complexity index is 458. The highest BCUT2D eigenvalue weighted by atomic mass is 19.1. The van der Waals surface area contributed by atoms with Gasteiger partial charge in [0, 0.05) is 20.1 Å². The normalized spacial score (nSPS) is 13.1. The van der Waals surface area contributed by atoms with Crippen LogP contribution in [0.15, 0.2) is 18.2 Å². The Labute approximate surface area is 117 Å². The largest absolute Gasteiger partial charge is 0.387 e. The predicted molar refractivity (Wildman–Crippen MR) is 72.0 cm³/mol. The fourth-order valence-electron chi connectivity index (χ4n) is 1.87. The first kappa shape index (κ1) is 16.5. The second-order valence-electron chi connectivity index (χ2n) is 5.25. The monoisotopic (exact) mass is 286 g/mol. The average Bonchev–Trinajstić information content (AvgIpc) is 2.37. The molecule has 0 saturated heterocycles. The zero-order chi connectivity index (χ0) is 15.3. The van der Waals surface area contributed by atoms with Crippen LogP contribution >= 0.6 is 0 Å². The molecule has 3 N–H and O–H groups in total. The van der Waals surface area contributed by atoms with E-state index in [-0.39, 0.29) is 24.6 Å². The Morgan fingerprint density at radius 1 is 1.35 bits per heavy atom. The van der Waals surface area contributed by atoms with E-state index in [0.717, 1.165) is 12.1 Å². The molecule has 0 aliphatic rings. The van der Waals surface area contributed by atoms with Gasteiger partial charge in [-0.1, -0.05) is 6.07 Å². The fraction of sp³-hybridized carbons (Fsp3) is 0.500. The molecule has 6 heteroatoms. The van der Waals surface area contributed by atoms with E-state index in [1.54, 1.807) is 13.8 Å². The second kappa shape index (κ2) is 6.76. The van der Waals surface area contributed by atoms with Crippen molar-refractivity contribution in [2.75, 3.05) is 20.1 Å². The van der Waals surface area contributed by atoms with Crippen molar-refractivity contribution in [2.45, 2.75) is 20.0 Å².